The Balaban J connectivity index is 1.51. The summed E-state index contributed by atoms with van der Waals surface area (Å²) in [5.41, 5.74) is 0.973. The fourth-order valence-corrected chi connectivity index (χ4v) is 2.66. The van der Waals surface area contributed by atoms with Crippen molar-refractivity contribution in [3.63, 3.8) is 0 Å². The molecule has 1 amide bonds. The van der Waals surface area contributed by atoms with E-state index in [-0.39, 0.29) is 11.9 Å². The lowest BCUT2D eigenvalue weighted by atomic mass is 10.1. The first-order chi connectivity index (χ1) is 12.2. The van der Waals surface area contributed by atoms with Crippen LogP contribution in [0, 0.1) is 0 Å². The maximum absolute atomic E-state index is 12.2. The monoisotopic (exact) mass is 345 g/mol. The molecule has 0 saturated heterocycles. The van der Waals surface area contributed by atoms with Crippen LogP contribution in [-0.2, 0) is 17.6 Å². The van der Waals surface area contributed by atoms with E-state index in [1.54, 1.807) is 0 Å². The molecule has 1 aliphatic heterocycles. The number of nitrogens with zero attached hydrogens (tertiary/aromatic N) is 2. The molecular formula is C18H23N3O4. The summed E-state index contributed by atoms with van der Waals surface area (Å²) >= 11 is 0. The first kappa shape index (κ1) is 17.3. The van der Waals surface area contributed by atoms with E-state index in [0.29, 0.717) is 37.8 Å². The largest absolute Gasteiger partial charge is 0.486 e. The lowest BCUT2D eigenvalue weighted by molar-refractivity contribution is -0.121. The molecule has 134 valence electrons. The third-order valence-corrected chi connectivity index (χ3v) is 3.99. The zero-order valence-corrected chi connectivity index (χ0v) is 14.6. The summed E-state index contributed by atoms with van der Waals surface area (Å²) in [4.78, 5) is 16.4. The van der Waals surface area contributed by atoms with Gasteiger partial charge in [-0.25, -0.2) is 0 Å². The van der Waals surface area contributed by atoms with Gasteiger partial charge in [-0.05, 0) is 31.0 Å². The van der Waals surface area contributed by atoms with E-state index in [2.05, 4.69) is 22.4 Å². The number of hydrogen-bond acceptors (Lipinski definition) is 6. The summed E-state index contributed by atoms with van der Waals surface area (Å²) in [7, 11) is 0. The van der Waals surface area contributed by atoms with E-state index in [0.717, 1.165) is 29.9 Å². The second kappa shape index (κ2) is 8.00. The second-order valence-electron chi connectivity index (χ2n) is 6.05. The Morgan fingerprint density at radius 1 is 1.24 bits per heavy atom. The van der Waals surface area contributed by atoms with Gasteiger partial charge in [-0.1, -0.05) is 18.1 Å². The highest BCUT2D eigenvalue weighted by Gasteiger charge is 2.16. The van der Waals surface area contributed by atoms with Crippen LogP contribution in [0.4, 0.5) is 0 Å². The predicted molar refractivity (Wildman–Crippen MR) is 90.6 cm³/mol. The molecule has 1 aliphatic rings. The molecule has 0 bridgehead atoms. The van der Waals surface area contributed by atoms with Gasteiger partial charge in [0.15, 0.2) is 17.3 Å². The van der Waals surface area contributed by atoms with Crippen LogP contribution in [0.25, 0.3) is 0 Å². The molecule has 0 saturated carbocycles. The van der Waals surface area contributed by atoms with Crippen molar-refractivity contribution in [1.29, 1.82) is 0 Å². The molecule has 0 radical (unpaired) electrons. The molecule has 1 atom stereocenters. The standard InChI is InChI=1S/C18H23N3O4/c1-3-4-16-20-18(25-21-16)8-7-17(22)19-12(2)13-5-6-14-15(11-13)24-10-9-23-14/h5-6,11-12H,3-4,7-10H2,1-2H3,(H,19,22). The third-order valence-electron chi connectivity index (χ3n) is 3.99. The SMILES string of the molecule is CCCc1noc(CCC(=O)NC(C)c2ccc3c(c2)OCCO3)n1. The smallest absolute Gasteiger partial charge is 0.227 e. The summed E-state index contributed by atoms with van der Waals surface area (Å²) in [5.74, 6) is 2.61. The molecule has 1 aromatic carbocycles. The van der Waals surface area contributed by atoms with E-state index in [1.165, 1.54) is 0 Å². The van der Waals surface area contributed by atoms with Gasteiger partial charge < -0.3 is 19.3 Å². The summed E-state index contributed by atoms with van der Waals surface area (Å²) < 4.78 is 16.2. The average molecular weight is 345 g/mol. The van der Waals surface area contributed by atoms with Gasteiger partial charge in [0.25, 0.3) is 0 Å². The molecule has 0 fully saturated rings. The van der Waals surface area contributed by atoms with E-state index < -0.39 is 0 Å². The highest BCUT2D eigenvalue weighted by Crippen LogP contribution is 2.32. The first-order valence-corrected chi connectivity index (χ1v) is 8.66. The van der Waals surface area contributed by atoms with Gasteiger partial charge in [0.05, 0.1) is 6.04 Å². The average Bonchev–Trinajstić information content (AvgIpc) is 3.07. The Morgan fingerprint density at radius 3 is 2.84 bits per heavy atom. The number of rotatable bonds is 7. The van der Waals surface area contributed by atoms with Gasteiger partial charge in [0.2, 0.25) is 11.8 Å². The molecule has 3 rings (SSSR count). The van der Waals surface area contributed by atoms with Crippen molar-refractivity contribution in [2.45, 2.75) is 45.6 Å². The van der Waals surface area contributed by atoms with Crippen LogP contribution in [-0.4, -0.2) is 29.3 Å². The number of nitrogens with one attached hydrogen (secondary N) is 1. The number of hydrogen-bond donors (Lipinski definition) is 1. The molecule has 2 heterocycles. The van der Waals surface area contributed by atoms with Gasteiger partial charge in [-0.15, -0.1) is 0 Å². The Morgan fingerprint density at radius 2 is 2.04 bits per heavy atom. The molecule has 7 heteroatoms. The minimum atomic E-state index is -0.123. The van der Waals surface area contributed by atoms with Crippen LogP contribution in [0.5, 0.6) is 11.5 Å². The van der Waals surface area contributed by atoms with Gasteiger partial charge in [0, 0.05) is 19.3 Å². The molecule has 2 aromatic rings. The highest BCUT2D eigenvalue weighted by atomic mass is 16.6. The van der Waals surface area contributed by atoms with Gasteiger partial charge in [-0.2, -0.15) is 4.98 Å². The van der Waals surface area contributed by atoms with Crippen molar-refractivity contribution in [2.75, 3.05) is 13.2 Å². The zero-order chi connectivity index (χ0) is 17.6. The molecule has 7 nitrogen and oxygen atoms in total. The van der Waals surface area contributed by atoms with E-state index in [4.69, 9.17) is 14.0 Å². The van der Waals surface area contributed by atoms with Crippen LogP contribution in [0.15, 0.2) is 22.7 Å². The number of carbonyl (C=O) groups is 1. The van der Waals surface area contributed by atoms with Gasteiger partial charge >= 0.3 is 0 Å². The van der Waals surface area contributed by atoms with Crippen LogP contribution in [0.2, 0.25) is 0 Å². The van der Waals surface area contributed by atoms with Crippen LogP contribution >= 0.6 is 0 Å². The Hall–Kier alpha value is -2.57. The summed E-state index contributed by atoms with van der Waals surface area (Å²) in [5, 5.41) is 6.87. The van der Waals surface area contributed by atoms with Crippen molar-refractivity contribution < 1.29 is 18.8 Å². The number of aromatic nitrogens is 2. The van der Waals surface area contributed by atoms with E-state index in [1.807, 2.05) is 25.1 Å². The first-order valence-electron chi connectivity index (χ1n) is 8.66. The quantitative estimate of drug-likeness (QED) is 0.830. The molecule has 1 N–H and O–H groups in total. The molecule has 25 heavy (non-hydrogen) atoms. The van der Waals surface area contributed by atoms with E-state index >= 15 is 0 Å². The van der Waals surface area contributed by atoms with Crippen molar-refractivity contribution in [2.24, 2.45) is 0 Å². The van der Waals surface area contributed by atoms with Crippen molar-refractivity contribution in [1.82, 2.24) is 15.5 Å². The fourth-order valence-electron chi connectivity index (χ4n) is 2.66. The van der Waals surface area contributed by atoms with Gasteiger partial charge in [0.1, 0.15) is 13.2 Å². The normalized spacial score (nSPS) is 14.2. The minimum absolute atomic E-state index is 0.0577. The summed E-state index contributed by atoms with van der Waals surface area (Å²) in [6.45, 7) is 5.10. The highest BCUT2D eigenvalue weighted by molar-refractivity contribution is 5.76. The third kappa shape index (κ3) is 4.49. The summed E-state index contributed by atoms with van der Waals surface area (Å²) in [6.07, 6.45) is 2.50. The number of carbonyl (C=O) groups excluding carboxylic acids is 1. The number of amides is 1. The van der Waals surface area contributed by atoms with Crippen LogP contribution in [0.1, 0.15) is 50.0 Å². The minimum Gasteiger partial charge on any atom is -0.486 e. The second-order valence-corrected chi connectivity index (χ2v) is 6.05. The number of benzene rings is 1. The lowest BCUT2D eigenvalue weighted by Crippen LogP contribution is -2.27. The molecule has 1 aromatic heterocycles. The Bertz CT molecular complexity index is 729. The molecule has 0 aliphatic carbocycles. The van der Waals surface area contributed by atoms with Gasteiger partial charge in [-0.3, -0.25) is 4.79 Å². The number of fused-ring (bicyclic) bond motifs is 1. The Kier molecular flexibility index (Phi) is 5.53. The van der Waals surface area contributed by atoms with Crippen molar-refractivity contribution >= 4 is 5.91 Å². The van der Waals surface area contributed by atoms with Crippen LogP contribution in [0.3, 0.4) is 0 Å². The molecule has 1 unspecified atom stereocenters. The predicted octanol–water partition coefficient (Wildman–Crippen LogP) is 2.60. The maximum atomic E-state index is 12.2. The number of aryl methyl sites for hydroxylation is 2. The maximum Gasteiger partial charge on any atom is 0.227 e. The van der Waals surface area contributed by atoms with Crippen molar-refractivity contribution in [3.05, 3.63) is 35.5 Å². The number of ether oxygens (including phenoxy) is 2. The van der Waals surface area contributed by atoms with Crippen LogP contribution < -0.4 is 14.8 Å². The zero-order valence-electron chi connectivity index (χ0n) is 14.6. The summed E-state index contributed by atoms with van der Waals surface area (Å²) in [6, 6.07) is 5.60. The molecule has 0 spiro atoms. The van der Waals surface area contributed by atoms with Crippen molar-refractivity contribution in [3.8, 4) is 11.5 Å². The Labute approximate surface area is 146 Å². The fraction of sp³-hybridized carbons (Fsp3) is 0.500. The molecular weight excluding hydrogens is 322 g/mol. The lowest BCUT2D eigenvalue weighted by Gasteiger charge is -2.21. The topological polar surface area (TPSA) is 86.5 Å². The van der Waals surface area contributed by atoms with E-state index in [9.17, 15) is 4.79 Å².